The number of hydrogen-bond acceptors (Lipinski definition) is 4. The van der Waals surface area contributed by atoms with Gasteiger partial charge in [0.25, 0.3) is 15.8 Å². The molecule has 0 saturated carbocycles. The zero-order valence-corrected chi connectivity index (χ0v) is 14.0. The van der Waals surface area contributed by atoms with E-state index in [1.165, 1.54) is 6.34 Å². The summed E-state index contributed by atoms with van der Waals surface area (Å²) in [6.45, 7) is 10.6. The summed E-state index contributed by atoms with van der Waals surface area (Å²) < 4.78 is 32.9. The van der Waals surface area contributed by atoms with Crippen LogP contribution in [0.25, 0.3) is 4.85 Å². The van der Waals surface area contributed by atoms with Crippen molar-refractivity contribution in [3.8, 4) is 5.88 Å². The van der Waals surface area contributed by atoms with Crippen molar-refractivity contribution < 1.29 is 13.2 Å². The molecule has 0 aliphatic heterocycles. The number of rotatable bonds is 7. The molecule has 0 N–H and O–H groups in total. The molecule has 0 amide bonds. The van der Waals surface area contributed by atoms with Crippen molar-refractivity contribution in [1.82, 2.24) is 9.88 Å². The van der Waals surface area contributed by atoms with Crippen molar-refractivity contribution >= 4 is 22.2 Å². The molecule has 1 aromatic heterocycles. The van der Waals surface area contributed by atoms with E-state index in [4.69, 9.17) is 11.3 Å². The predicted molar refractivity (Wildman–Crippen MR) is 85.7 cm³/mol. The van der Waals surface area contributed by atoms with Crippen molar-refractivity contribution in [2.24, 2.45) is 9.81 Å². The van der Waals surface area contributed by atoms with E-state index >= 15 is 0 Å². The Kier molecular flexibility index (Phi) is 5.88. The number of pyridine rings is 1. The highest BCUT2D eigenvalue weighted by molar-refractivity contribution is 7.90. The average Bonchev–Trinajstić information content (AvgIpc) is 2.42. The van der Waals surface area contributed by atoms with Gasteiger partial charge in [0.2, 0.25) is 0 Å². The first-order valence-corrected chi connectivity index (χ1v) is 8.16. The summed E-state index contributed by atoms with van der Waals surface area (Å²) in [5.74, 6) is 0.390. The molecule has 0 aliphatic carbocycles. The van der Waals surface area contributed by atoms with Gasteiger partial charge in [-0.2, -0.15) is 4.40 Å². The van der Waals surface area contributed by atoms with Gasteiger partial charge in [-0.1, -0.05) is 31.5 Å². The molecule has 0 spiro atoms. The van der Waals surface area contributed by atoms with Crippen LogP contribution >= 0.6 is 0 Å². The van der Waals surface area contributed by atoms with Gasteiger partial charge in [0.15, 0.2) is 0 Å². The highest BCUT2D eigenvalue weighted by Crippen LogP contribution is 2.21. The lowest BCUT2D eigenvalue weighted by atomic mass is 9.98. The number of ether oxygens (including phenoxy) is 1. The van der Waals surface area contributed by atoms with Crippen molar-refractivity contribution in [1.29, 1.82) is 0 Å². The van der Waals surface area contributed by atoms with Crippen LogP contribution in [-0.4, -0.2) is 51.1 Å². The fraction of sp³-hybridized carbons (Fsp3) is 0.500. The van der Waals surface area contributed by atoms with E-state index in [0.29, 0.717) is 5.88 Å². The average molecular weight is 324 g/mol. The molecule has 0 bridgehead atoms. The lowest BCUT2D eigenvalue weighted by Gasteiger charge is -2.22. The largest absolute Gasteiger partial charge is 0.460 e. The molecule has 0 aliphatic rings. The first kappa shape index (κ1) is 17.9. The second kappa shape index (κ2) is 7.22. The first-order valence-electron chi connectivity index (χ1n) is 6.55. The molecule has 8 heteroatoms. The Balaban J connectivity index is 2.69. The van der Waals surface area contributed by atoms with Crippen molar-refractivity contribution in [2.75, 3.05) is 26.5 Å². The predicted octanol–water partition coefficient (Wildman–Crippen LogP) is 1.96. The molecule has 120 valence electrons. The van der Waals surface area contributed by atoms with Gasteiger partial charge in [0.1, 0.15) is 6.34 Å². The SMILES string of the molecule is [C-]#[N+]c1cccc(OCC(C)(C)CS(=O)(=O)N=CN(C)C)n1. The van der Waals surface area contributed by atoms with Gasteiger partial charge in [-0.25, -0.2) is 8.42 Å². The topological polar surface area (TPSA) is 76.2 Å². The fourth-order valence-corrected chi connectivity index (χ4v) is 3.03. The standard InChI is InChI=1S/C14H20N4O3S/c1-14(2,10-22(19,20)16-11-18(4)5)9-21-13-8-6-7-12(15-3)17-13/h6-8,11H,9-10H2,1-2,4-5H3. The summed E-state index contributed by atoms with van der Waals surface area (Å²) >= 11 is 0. The van der Waals surface area contributed by atoms with Gasteiger partial charge in [-0.3, -0.25) is 0 Å². The van der Waals surface area contributed by atoms with Crippen molar-refractivity contribution in [2.45, 2.75) is 13.8 Å². The van der Waals surface area contributed by atoms with Gasteiger partial charge in [0.05, 0.1) is 12.4 Å². The molecule has 1 rings (SSSR count). The third-order valence-corrected chi connectivity index (χ3v) is 4.01. The molecule has 22 heavy (non-hydrogen) atoms. The molecule has 0 radical (unpaired) electrons. The number of aromatic nitrogens is 1. The number of hydrogen-bond donors (Lipinski definition) is 0. The number of sulfonamides is 1. The maximum Gasteiger partial charge on any atom is 0.309 e. The smallest absolute Gasteiger partial charge is 0.309 e. The summed E-state index contributed by atoms with van der Waals surface area (Å²) in [6, 6.07) is 4.87. The summed E-state index contributed by atoms with van der Waals surface area (Å²) in [7, 11) is -0.177. The summed E-state index contributed by atoms with van der Waals surface area (Å²) in [5, 5.41) is 0. The van der Waals surface area contributed by atoms with E-state index in [9.17, 15) is 8.42 Å². The van der Waals surface area contributed by atoms with Crippen molar-refractivity contribution in [3.05, 3.63) is 29.6 Å². The van der Waals surface area contributed by atoms with Crippen LogP contribution in [0.2, 0.25) is 0 Å². The minimum absolute atomic E-state index is 0.146. The minimum Gasteiger partial charge on any atom is -0.460 e. The minimum atomic E-state index is -3.57. The Bertz CT molecular complexity index is 676. The zero-order valence-electron chi connectivity index (χ0n) is 13.1. The van der Waals surface area contributed by atoms with Crippen LogP contribution in [0.1, 0.15) is 13.8 Å². The Hall–Kier alpha value is -2.14. The van der Waals surface area contributed by atoms with Crippen molar-refractivity contribution in [3.63, 3.8) is 0 Å². The summed E-state index contributed by atoms with van der Waals surface area (Å²) in [4.78, 5) is 8.76. The lowest BCUT2D eigenvalue weighted by Crippen LogP contribution is -2.30. The monoisotopic (exact) mass is 324 g/mol. The van der Waals surface area contributed by atoms with E-state index < -0.39 is 15.4 Å². The summed E-state index contributed by atoms with van der Waals surface area (Å²) in [6.07, 6.45) is 1.26. The van der Waals surface area contributed by atoms with Crippen LogP contribution in [0, 0.1) is 12.0 Å². The third-order valence-electron chi connectivity index (χ3n) is 2.45. The van der Waals surface area contributed by atoms with E-state index in [1.54, 1.807) is 51.0 Å². The fourth-order valence-electron chi connectivity index (χ4n) is 1.55. The molecule has 0 atom stereocenters. The highest BCUT2D eigenvalue weighted by Gasteiger charge is 2.27. The van der Waals surface area contributed by atoms with Crippen LogP contribution < -0.4 is 4.74 Å². The normalized spacial score (nSPS) is 12.1. The Morgan fingerprint density at radius 1 is 1.45 bits per heavy atom. The maximum atomic E-state index is 11.9. The molecule has 7 nitrogen and oxygen atoms in total. The second-order valence-corrected chi connectivity index (χ2v) is 7.47. The van der Waals surface area contributed by atoms with Gasteiger partial charge in [-0.15, -0.1) is 0 Å². The molecule has 1 heterocycles. The Morgan fingerprint density at radius 3 is 2.73 bits per heavy atom. The molecule has 0 saturated heterocycles. The Labute approximate surface area is 131 Å². The maximum absolute atomic E-state index is 11.9. The van der Waals surface area contributed by atoms with Crippen LogP contribution in [0.15, 0.2) is 22.6 Å². The second-order valence-electron chi connectivity index (χ2n) is 5.81. The lowest BCUT2D eigenvalue weighted by molar-refractivity contribution is 0.193. The van der Waals surface area contributed by atoms with Crippen LogP contribution in [-0.2, 0) is 10.0 Å². The quantitative estimate of drug-likeness (QED) is 0.435. The van der Waals surface area contributed by atoms with Crippen LogP contribution in [0.4, 0.5) is 5.82 Å². The molecule has 1 aromatic rings. The number of nitrogens with zero attached hydrogens (tertiary/aromatic N) is 4. The van der Waals surface area contributed by atoms with Gasteiger partial charge >= 0.3 is 5.88 Å². The third kappa shape index (κ3) is 6.54. The molecule has 0 fully saturated rings. The van der Waals surface area contributed by atoms with E-state index in [0.717, 1.165) is 0 Å². The van der Waals surface area contributed by atoms with Crippen LogP contribution in [0.3, 0.4) is 0 Å². The molecule has 0 unspecified atom stereocenters. The van der Waals surface area contributed by atoms with E-state index in [2.05, 4.69) is 14.2 Å². The molecule has 0 aromatic carbocycles. The Morgan fingerprint density at radius 2 is 2.14 bits per heavy atom. The first-order chi connectivity index (χ1) is 10.1. The zero-order chi connectivity index (χ0) is 16.8. The molecular formula is C14H20N4O3S. The summed E-state index contributed by atoms with van der Waals surface area (Å²) in [5.41, 5.74) is -0.641. The van der Waals surface area contributed by atoms with Gasteiger partial charge < -0.3 is 14.5 Å². The highest BCUT2D eigenvalue weighted by atomic mass is 32.2. The van der Waals surface area contributed by atoms with E-state index in [1.807, 2.05) is 0 Å². The van der Waals surface area contributed by atoms with E-state index in [-0.39, 0.29) is 18.2 Å². The van der Waals surface area contributed by atoms with Gasteiger partial charge in [-0.05, 0) is 6.07 Å². The van der Waals surface area contributed by atoms with Crippen LogP contribution in [0.5, 0.6) is 5.88 Å². The van der Waals surface area contributed by atoms with Gasteiger partial charge in [0, 0.05) is 25.6 Å². The molecular weight excluding hydrogens is 304 g/mol.